The van der Waals surface area contributed by atoms with Gasteiger partial charge in [-0.2, -0.15) is 26.3 Å². The molecule has 3 rings (SSSR count). The molecule has 1 N–H and O–H groups in total. The van der Waals surface area contributed by atoms with Gasteiger partial charge in [0.05, 0.1) is 22.6 Å². The van der Waals surface area contributed by atoms with Gasteiger partial charge in [0.25, 0.3) is 0 Å². The van der Waals surface area contributed by atoms with Crippen molar-refractivity contribution in [3.63, 3.8) is 0 Å². The van der Waals surface area contributed by atoms with Crippen molar-refractivity contribution in [2.45, 2.75) is 56.4 Å². The van der Waals surface area contributed by atoms with Gasteiger partial charge >= 0.3 is 12.4 Å². The van der Waals surface area contributed by atoms with Gasteiger partial charge in [0, 0.05) is 6.54 Å². The number of hydrogen-bond acceptors (Lipinski definition) is 2. The molecule has 1 amide bonds. The Kier molecular flexibility index (Phi) is 9.51. The maximum Gasteiger partial charge on any atom is 0.416 e. The molecule has 2 aromatic rings. The van der Waals surface area contributed by atoms with Gasteiger partial charge in [0.15, 0.2) is 0 Å². The highest BCUT2D eigenvalue weighted by molar-refractivity contribution is 5.85. The minimum absolute atomic E-state index is 0. The zero-order chi connectivity index (χ0) is 26.0. The van der Waals surface area contributed by atoms with E-state index in [4.69, 9.17) is 0 Å². The Labute approximate surface area is 213 Å². The van der Waals surface area contributed by atoms with Crippen molar-refractivity contribution in [1.82, 2.24) is 10.2 Å². The second-order valence-electron chi connectivity index (χ2n) is 9.70. The topological polar surface area (TPSA) is 32.3 Å². The molecule has 1 unspecified atom stereocenters. The van der Waals surface area contributed by atoms with Gasteiger partial charge in [0.1, 0.15) is 0 Å². The summed E-state index contributed by atoms with van der Waals surface area (Å²) in [5, 5.41) is 3.02. The highest BCUT2D eigenvalue weighted by Crippen LogP contribution is 2.41. The SMILES string of the molecule is CC(C(=O)N[C@]1(c2ccccc2)CC[C@@H](CN(C)C)CC1)c1cc(C(F)(F)F)cc(C(F)(F)F)c1.Cl. The number of amides is 1. The Morgan fingerprint density at radius 3 is 1.92 bits per heavy atom. The molecule has 0 saturated heterocycles. The van der Waals surface area contributed by atoms with E-state index in [0.29, 0.717) is 30.9 Å². The third-order valence-electron chi connectivity index (χ3n) is 6.77. The largest absolute Gasteiger partial charge is 0.416 e. The number of carbonyl (C=O) groups is 1. The van der Waals surface area contributed by atoms with Crippen LogP contribution in [0.3, 0.4) is 0 Å². The van der Waals surface area contributed by atoms with E-state index < -0.39 is 40.8 Å². The number of hydrogen-bond donors (Lipinski definition) is 1. The molecular weight excluding hydrogens is 506 g/mol. The lowest BCUT2D eigenvalue weighted by Crippen LogP contribution is -2.50. The number of rotatable bonds is 6. The molecule has 36 heavy (non-hydrogen) atoms. The zero-order valence-corrected chi connectivity index (χ0v) is 21.2. The van der Waals surface area contributed by atoms with Crippen LogP contribution in [-0.4, -0.2) is 31.4 Å². The minimum Gasteiger partial charge on any atom is -0.346 e. The molecule has 0 bridgehead atoms. The van der Waals surface area contributed by atoms with E-state index in [2.05, 4.69) is 10.2 Å². The van der Waals surface area contributed by atoms with Crippen LogP contribution < -0.4 is 5.32 Å². The molecule has 3 nitrogen and oxygen atoms in total. The first-order chi connectivity index (χ1) is 16.2. The maximum atomic E-state index is 13.3. The van der Waals surface area contributed by atoms with Gasteiger partial charge in [-0.3, -0.25) is 4.79 Å². The van der Waals surface area contributed by atoms with E-state index in [0.717, 1.165) is 24.9 Å². The van der Waals surface area contributed by atoms with Crippen molar-refractivity contribution in [3.05, 3.63) is 70.8 Å². The number of nitrogens with one attached hydrogen (secondary N) is 1. The van der Waals surface area contributed by atoms with Crippen LogP contribution in [0.2, 0.25) is 0 Å². The van der Waals surface area contributed by atoms with Crippen molar-refractivity contribution in [3.8, 4) is 0 Å². The van der Waals surface area contributed by atoms with Crippen molar-refractivity contribution in [2.75, 3.05) is 20.6 Å². The Morgan fingerprint density at radius 1 is 0.972 bits per heavy atom. The average molecular weight is 537 g/mol. The summed E-state index contributed by atoms with van der Waals surface area (Å²) < 4.78 is 79.9. The van der Waals surface area contributed by atoms with Crippen LogP contribution >= 0.6 is 12.4 Å². The predicted molar refractivity (Wildman–Crippen MR) is 129 cm³/mol. The second kappa shape index (κ2) is 11.4. The molecule has 0 aliphatic heterocycles. The van der Waals surface area contributed by atoms with Crippen molar-refractivity contribution in [1.29, 1.82) is 0 Å². The van der Waals surface area contributed by atoms with E-state index in [1.807, 2.05) is 44.4 Å². The van der Waals surface area contributed by atoms with E-state index in [-0.39, 0.29) is 24.0 Å². The fraction of sp³-hybridized carbons (Fsp3) is 0.500. The standard InChI is InChI=1S/C26H30F6N2O.ClH/c1-17(19-13-21(25(27,28)29)15-22(14-19)26(30,31)32)23(35)33-24(20-7-5-4-6-8-20)11-9-18(10-12-24)16-34(2)3;/h4-8,13-15,17-18H,9-12,16H2,1-3H3,(H,33,35);1H/t17?,18-,24-;. The predicted octanol–water partition coefficient (Wildman–Crippen LogP) is 7.01. The lowest BCUT2D eigenvalue weighted by molar-refractivity contribution is -0.143. The molecule has 10 heteroatoms. The van der Waals surface area contributed by atoms with Crippen LogP contribution in [0, 0.1) is 5.92 Å². The molecule has 0 heterocycles. The van der Waals surface area contributed by atoms with Crippen LogP contribution in [0.25, 0.3) is 0 Å². The van der Waals surface area contributed by atoms with Crippen LogP contribution in [-0.2, 0) is 22.7 Å². The molecule has 2 aromatic carbocycles. The molecule has 1 atom stereocenters. The summed E-state index contributed by atoms with van der Waals surface area (Å²) in [7, 11) is 3.99. The van der Waals surface area contributed by atoms with Crippen LogP contribution in [0.4, 0.5) is 26.3 Å². The highest BCUT2D eigenvalue weighted by atomic mass is 35.5. The molecule has 200 valence electrons. The summed E-state index contributed by atoms with van der Waals surface area (Å²) in [5.74, 6) is -1.38. The molecule has 0 spiro atoms. The summed E-state index contributed by atoms with van der Waals surface area (Å²) in [5.41, 5.74) is -3.03. The van der Waals surface area contributed by atoms with Gasteiger partial charge in [-0.25, -0.2) is 0 Å². The molecule has 0 aromatic heterocycles. The summed E-state index contributed by atoms with van der Waals surface area (Å²) >= 11 is 0. The fourth-order valence-electron chi connectivity index (χ4n) is 4.84. The van der Waals surface area contributed by atoms with Gasteiger partial charge in [-0.05, 0) is 81.9 Å². The first-order valence-electron chi connectivity index (χ1n) is 11.5. The smallest absolute Gasteiger partial charge is 0.346 e. The van der Waals surface area contributed by atoms with Gasteiger partial charge in [-0.1, -0.05) is 30.3 Å². The molecule has 1 aliphatic carbocycles. The fourth-order valence-corrected chi connectivity index (χ4v) is 4.84. The van der Waals surface area contributed by atoms with Crippen LogP contribution in [0.1, 0.15) is 60.8 Å². The first-order valence-corrected chi connectivity index (χ1v) is 11.5. The van der Waals surface area contributed by atoms with Crippen LogP contribution in [0.15, 0.2) is 48.5 Å². The summed E-state index contributed by atoms with van der Waals surface area (Å²) in [6, 6.07) is 10.7. The number of nitrogens with zero attached hydrogens (tertiary/aromatic N) is 1. The highest BCUT2D eigenvalue weighted by Gasteiger charge is 2.41. The lowest BCUT2D eigenvalue weighted by atomic mass is 9.72. The zero-order valence-electron chi connectivity index (χ0n) is 20.3. The molecule has 1 fully saturated rings. The Balaban J connectivity index is 0.00000456. The molecule has 0 radical (unpaired) electrons. The summed E-state index contributed by atoms with van der Waals surface area (Å²) in [6.45, 7) is 2.24. The average Bonchev–Trinajstić information content (AvgIpc) is 2.78. The molecule has 1 saturated carbocycles. The summed E-state index contributed by atoms with van der Waals surface area (Å²) in [4.78, 5) is 15.4. The Morgan fingerprint density at radius 2 is 1.47 bits per heavy atom. The van der Waals surface area contributed by atoms with Gasteiger partial charge in [0.2, 0.25) is 5.91 Å². The van der Waals surface area contributed by atoms with E-state index in [1.54, 1.807) is 0 Å². The first kappa shape index (κ1) is 30.0. The number of halogens is 7. The van der Waals surface area contributed by atoms with E-state index >= 15 is 0 Å². The van der Waals surface area contributed by atoms with Crippen molar-refractivity contribution >= 4 is 18.3 Å². The normalized spacial score (nSPS) is 21.6. The summed E-state index contributed by atoms with van der Waals surface area (Å²) in [6.07, 6.45) is -7.01. The maximum absolute atomic E-state index is 13.3. The van der Waals surface area contributed by atoms with Crippen molar-refractivity contribution < 1.29 is 31.1 Å². The minimum atomic E-state index is -4.97. The van der Waals surface area contributed by atoms with E-state index in [1.165, 1.54) is 6.92 Å². The quantitative estimate of drug-likeness (QED) is 0.403. The van der Waals surface area contributed by atoms with E-state index in [9.17, 15) is 31.1 Å². The van der Waals surface area contributed by atoms with Crippen molar-refractivity contribution in [2.24, 2.45) is 5.92 Å². The third kappa shape index (κ3) is 7.16. The number of benzene rings is 2. The third-order valence-corrected chi connectivity index (χ3v) is 6.77. The Hall–Kier alpha value is -2.26. The monoisotopic (exact) mass is 536 g/mol. The molecular formula is C26H31ClF6N2O. The second-order valence-corrected chi connectivity index (χ2v) is 9.70. The lowest BCUT2D eigenvalue weighted by Gasteiger charge is -2.42. The van der Waals surface area contributed by atoms with Gasteiger partial charge in [-0.15, -0.1) is 12.4 Å². The van der Waals surface area contributed by atoms with Crippen LogP contribution in [0.5, 0.6) is 0 Å². The van der Waals surface area contributed by atoms with Gasteiger partial charge < -0.3 is 10.2 Å². The molecule has 1 aliphatic rings. The number of carbonyl (C=O) groups excluding carboxylic acids is 1. The Bertz CT molecular complexity index is 983. The number of alkyl halides is 6.